The molecule has 0 aliphatic rings. The summed E-state index contributed by atoms with van der Waals surface area (Å²) in [7, 11) is 1.75. The Bertz CT molecular complexity index is 358. The van der Waals surface area contributed by atoms with Crippen LogP contribution in [0.5, 0.6) is 0 Å². The highest BCUT2D eigenvalue weighted by molar-refractivity contribution is 9.10. The van der Waals surface area contributed by atoms with Crippen LogP contribution in [0.25, 0.3) is 0 Å². The van der Waals surface area contributed by atoms with E-state index in [0.717, 1.165) is 29.8 Å². The van der Waals surface area contributed by atoms with Gasteiger partial charge < -0.3 is 10.1 Å². The molecule has 0 radical (unpaired) electrons. The molecule has 1 aromatic carbocycles. The first kappa shape index (κ1) is 16.0. The third kappa shape index (κ3) is 6.23. The van der Waals surface area contributed by atoms with Crippen molar-refractivity contribution in [3.8, 4) is 0 Å². The Labute approximate surface area is 123 Å². The summed E-state index contributed by atoms with van der Waals surface area (Å²) in [6.07, 6.45) is 1.09. The summed E-state index contributed by atoms with van der Waals surface area (Å²) in [5, 5.41) is 3.47. The van der Waals surface area contributed by atoms with Crippen molar-refractivity contribution in [2.75, 3.05) is 19.5 Å². The third-order valence-corrected chi connectivity index (χ3v) is 4.16. The molecule has 2 nitrogen and oxygen atoms in total. The van der Waals surface area contributed by atoms with E-state index < -0.39 is 0 Å². The molecule has 0 atom stereocenters. The predicted octanol–water partition coefficient (Wildman–Crippen LogP) is 4.08. The van der Waals surface area contributed by atoms with E-state index in [0.29, 0.717) is 6.04 Å². The highest BCUT2D eigenvalue weighted by Crippen LogP contribution is 2.27. The minimum atomic E-state index is 0.514. The molecular weight excluding hydrogens is 310 g/mol. The van der Waals surface area contributed by atoms with Crippen molar-refractivity contribution in [1.29, 1.82) is 0 Å². The van der Waals surface area contributed by atoms with E-state index in [9.17, 15) is 0 Å². The molecule has 1 rings (SSSR count). The summed E-state index contributed by atoms with van der Waals surface area (Å²) >= 11 is 5.44. The minimum absolute atomic E-state index is 0.514. The molecular formula is C14H22BrNOS. The Morgan fingerprint density at radius 1 is 1.39 bits per heavy atom. The van der Waals surface area contributed by atoms with Crippen LogP contribution in [-0.2, 0) is 11.3 Å². The lowest BCUT2D eigenvalue weighted by Gasteiger charge is -2.13. The second-order valence-electron chi connectivity index (χ2n) is 4.48. The van der Waals surface area contributed by atoms with Crippen LogP contribution >= 0.6 is 27.7 Å². The van der Waals surface area contributed by atoms with E-state index in [2.05, 4.69) is 53.3 Å². The highest BCUT2D eigenvalue weighted by atomic mass is 79.9. The van der Waals surface area contributed by atoms with Crippen molar-refractivity contribution in [2.24, 2.45) is 0 Å². The van der Waals surface area contributed by atoms with Gasteiger partial charge in [0.2, 0.25) is 0 Å². The normalized spacial score (nSPS) is 11.2. The number of benzene rings is 1. The van der Waals surface area contributed by atoms with E-state index in [1.165, 1.54) is 10.5 Å². The Kier molecular flexibility index (Phi) is 7.98. The maximum absolute atomic E-state index is 5.08. The summed E-state index contributed by atoms with van der Waals surface area (Å²) in [4.78, 5) is 1.36. The van der Waals surface area contributed by atoms with E-state index in [-0.39, 0.29) is 0 Å². The summed E-state index contributed by atoms with van der Waals surface area (Å²) in [6, 6.07) is 7.02. The van der Waals surface area contributed by atoms with E-state index in [4.69, 9.17) is 4.74 Å². The molecule has 0 aliphatic carbocycles. The SMILES string of the molecule is COCCCSc1cc(Br)ccc1CNC(C)C. The lowest BCUT2D eigenvalue weighted by atomic mass is 10.2. The van der Waals surface area contributed by atoms with Gasteiger partial charge in [-0.05, 0) is 24.1 Å². The average molecular weight is 332 g/mol. The highest BCUT2D eigenvalue weighted by Gasteiger charge is 2.05. The molecule has 0 saturated heterocycles. The lowest BCUT2D eigenvalue weighted by molar-refractivity contribution is 0.200. The van der Waals surface area contributed by atoms with Crippen molar-refractivity contribution in [3.05, 3.63) is 28.2 Å². The van der Waals surface area contributed by atoms with Gasteiger partial charge in [0.1, 0.15) is 0 Å². The second kappa shape index (κ2) is 8.97. The molecule has 0 aromatic heterocycles. The standard InChI is InChI=1S/C14H22BrNOS/c1-11(2)16-10-12-5-6-13(15)9-14(12)18-8-4-7-17-3/h5-6,9,11,16H,4,7-8,10H2,1-3H3. The van der Waals surface area contributed by atoms with Gasteiger partial charge in [0, 0.05) is 41.4 Å². The summed E-state index contributed by atoms with van der Waals surface area (Å²) in [5.41, 5.74) is 1.37. The number of hydrogen-bond donors (Lipinski definition) is 1. The smallest absolute Gasteiger partial charge is 0.0470 e. The zero-order valence-corrected chi connectivity index (χ0v) is 13.7. The summed E-state index contributed by atoms with van der Waals surface area (Å²) in [6.45, 7) is 6.10. The Morgan fingerprint density at radius 3 is 2.83 bits per heavy atom. The minimum Gasteiger partial charge on any atom is -0.385 e. The zero-order valence-electron chi connectivity index (χ0n) is 11.3. The molecule has 1 aromatic rings. The number of ether oxygens (including phenoxy) is 1. The van der Waals surface area contributed by atoms with Gasteiger partial charge in [0.25, 0.3) is 0 Å². The van der Waals surface area contributed by atoms with E-state index >= 15 is 0 Å². The molecule has 0 unspecified atom stereocenters. The predicted molar refractivity (Wildman–Crippen MR) is 83.3 cm³/mol. The molecule has 0 bridgehead atoms. The third-order valence-electron chi connectivity index (χ3n) is 2.48. The van der Waals surface area contributed by atoms with Gasteiger partial charge in [0.05, 0.1) is 0 Å². The first-order valence-electron chi connectivity index (χ1n) is 6.27. The zero-order chi connectivity index (χ0) is 13.4. The van der Waals surface area contributed by atoms with Gasteiger partial charge in [-0.25, -0.2) is 0 Å². The van der Waals surface area contributed by atoms with Crippen molar-refractivity contribution < 1.29 is 4.74 Å². The molecule has 0 saturated carbocycles. The molecule has 0 heterocycles. The Morgan fingerprint density at radius 2 is 2.17 bits per heavy atom. The molecule has 0 spiro atoms. The Hall–Kier alpha value is -0.0300. The van der Waals surface area contributed by atoms with Gasteiger partial charge in [-0.3, -0.25) is 0 Å². The number of hydrogen-bond acceptors (Lipinski definition) is 3. The van der Waals surface area contributed by atoms with Crippen LogP contribution in [0.2, 0.25) is 0 Å². The fraction of sp³-hybridized carbons (Fsp3) is 0.571. The Balaban J connectivity index is 2.58. The second-order valence-corrected chi connectivity index (χ2v) is 6.53. The number of nitrogens with one attached hydrogen (secondary N) is 1. The van der Waals surface area contributed by atoms with Gasteiger partial charge >= 0.3 is 0 Å². The number of thioether (sulfide) groups is 1. The van der Waals surface area contributed by atoms with Crippen LogP contribution in [0, 0.1) is 0 Å². The van der Waals surface area contributed by atoms with Crippen LogP contribution in [-0.4, -0.2) is 25.5 Å². The van der Waals surface area contributed by atoms with Gasteiger partial charge in [-0.1, -0.05) is 35.8 Å². The van der Waals surface area contributed by atoms with Gasteiger partial charge in [-0.2, -0.15) is 0 Å². The molecule has 0 fully saturated rings. The van der Waals surface area contributed by atoms with Gasteiger partial charge in [-0.15, -0.1) is 11.8 Å². The topological polar surface area (TPSA) is 21.3 Å². The molecule has 18 heavy (non-hydrogen) atoms. The first-order chi connectivity index (χ1) is 8.63. The van der Waals surface area contributed by atoms with Crippen LogP contribution in [0.3, 0.4) is 0 Å². The van der Waals surface area contributed by atoms with Crippen LogP contribution in [0.1, 0.15) is 25.8 Å². The fourth-order valence-corrected chi connectivity index (χ4v) is 3.04. The summed E-state index contributed by atoms with van der Waals surface area (Å²) in [5.74, 6) is 1.10. The monoisotopic (exact) mass is 331 g/mol. The molecule has 102 valence electrons. The van der Waals surface area contributed by atoms with Crippen molar-refractivity contribution in [3.63, 3.8) is 0 Å². The number of rotatable bonds is 8. The maximum atomic E-state index is 5.08. The van der Waals surface area contributed by atoms with Crippen molar-refractivity contribution >= 4 is 27.7 Å². The van der Waals surface area contributed by atoms with E-state index in [1.807, 2.05) is 11.8 Å². The number of methoxy groups -OCH3 is 1. The van der Waals surface area contributed by atoms with E-state index in [1.54, 1.807) is 7.11 Å². The van der Waals surface area contributed by atoms with Gasteiger partial charge in [0.15, 0.2) is 0 Å². The van der Waals surface area contributed by atoms with Crippen molar-refractivity contribution in [1.82, 2.24) is 5.32 Å². The van der Waals surface area contributed by atoms with Crippen LogP contribution < -0.4 is 5.32 Å². The number of halogens is 1. The van der Waals surface area contributed by atoms with Crippen molar-refractivity contribution in [2.45, 2.75) is 37.8 Å². The largest absolute Gasteiger partial charge is 0.385 e. The molecule has 1 N–H and O–H groups in total. The van der Waals surface area contributed by atoms with Crippen LogP contribution in [0.15, 0.2) is 27.6 Å². The van der Waals surface area contributed by atoms with Crippen LogP contribution in [0.4, 0.5) is 0 Å². The quantitative estimate of drug-likeness (QED) is 0.573. The molecule has 4 heteroatoms. The average Bonchev–Trinajstić information content (AvgIpc) is 2.33. The molecule has 0 amide bonds. The molecule has 0 aliphatic heterocycles. The maximum Gasteiger partial charge on any atom is 0.0470 e. The fourth-order valence-electron chi connectivity index (χ4n) is 1.51. The first-order valence-corrected chi connectivity index (χ1v) is 8.05. The summed E-state index contributed by atoms with van der Waals surface area (Å²) < 4.78 is 6.22. The lowest BCUT2D eigenvalue weighted by Crippen LogP contribution is -2.22.